The van der Waals surface area contributed by atoms with Crippen molar-refractivity contribution < 1.29 is 18.8 Å². The fraction of sp³-hybridized carbons (Fsp3) is 0.250. The van der Waals surface area contributed by atoms with Crippen molar-refractivity contribution in [2.24, 2.45) is 0 Å². The Kier molecular flexibility index (Phi) is 9.96. The molecule has 0 aliphatic carbocycles. The average Bonchev–Trinajstić information content (AvgIpc) is 3.42. The molecule has 0 fully saturated rings. The average molecular weight is 539 g/mol. The number of ether oxygens (including phenoxy) is 1. The molecule has 4 aromatic rings. The first kappa shape index (κ1) is 28.4. The highest BCUT2D eigenvalue weighted by atomic mass is 16.5. The summed E-state index contributed by atoms with van der Waals surface area (Å²) in [5.74, 6) is 0.191. The summed E-state index contributed by atoms with van der Waals surface area (Å²) < 4.78 is 10.3. The van der Waals surface area contributed by atoms with Crippen molar-refractivity contribution in [1.82, 2.24) is 19.9 Å². The maximum Gasteiger partial charge on any atom is 0.247 e. The summed E-state index contributed by atoms with van der Waals surface area (Å²) in [5, 5.41) is 3.95. The van der Waals surface area contributed by atoms with Gasteiger partial charge < -0.3 is 19.1 Å². The van der Waals surface area contributed by atoms with Crippen molar-refractivity contribution >= 4 is 17.9 Å². The number of benzene rings is 2. The second-order valence-corrected chi connectivity index (χ2v) is 9.55. The molecule has 0 saturated heterocycles. The zero-order chi connectivity index (χ0) is 28.3. The molecule has 0 aliphatic heterocycles. The highest BCUT2D eigenvalue weighted by molar-refractivity contribution is 5.95. The van der Waals surface area contributed by atoms with Crippen LogP contribution in [0.2, 0.25) is 0 Å². The van der Waals surface area contributed by atoms with E-state index in [1.54, 1.807) is 55.4 Å². The third kappa shape index (κ3) is 7.74. The van der Waals surface area contributed by atoms with Crippen LogP contribution >= 0.6 is 0 Å². The summed E-state index contributed by atoms with van der Waals surface area (Å²) >= 11 is 0. The van der Waals surface area contributed by atoms with Gasteiger partial charge in [-0.2, -0.15) is 0 Å². The third-order valence-electron chi connectivity index (χ3n) is 6.59. The Morgan fingerprint density at radius 2 is 1.68 bits per heavy atom. The van der Waals surface area contributed by atoms with Gasteiger partial charge in [-0.05, 0) is 47.4 Å². The van der Waals surface area contributed by atoms with Gasteiger partial charge in [0.2, 0.25) is 11.8 Å². The molecule has 0 unspecified atom stereocenters. The lowest BCUT2D eigenvalue weighted by Crippen LogP contribution is -2.51. The molecule has 0 spiro atoms. The minimum atomic E-state index is -0.736. The molecular weight excluding hydrogens is 504 g/mol. The zero-order valence-corrected chi connectivity index (χ0v) is 23.1. The van der Waals surface area contributed by atoms with Crippen molar-refractivity contribution in [1.29, 1.82) is 0 Å². The molecule has 2 heterocycles. The minimum Gasteiger partial charge on any atom is -0.383 e. The maximum atomic E-state index is 13.8. The van der Waals surface area contributed by atoms with Crippen LogP contribution in [-0.2, 0) is 27.3 Å². The number of likely N-dealkylation sites (N-methyl/N-ethyl adjacent to an activating group) is 1. The van der Waals surface area contributed by atoms with Crippen molar-refractivity contribution in [3.8, 4) is 11.1 Å². The minimum absolute atomic E-state index is 0.159. The highest BCUT2D eigenvalue weighted by Gasteiger charge is 2.31. The Bertz CT molecular complexity index is 1400. The molecule has 4 rings (SSSR count). The molecule has 0 bridgehead atoms. The number of rotatable bonds is 12. The lowest BCUT2D eigenvalue weighted by atomic mass is 10.0. The van der Waals surface area contributed by atoms with E-state index in [1.165, 1.54) is 6.08 Å². The van der Waals surface area contributed by atoms with Crippen molar-refractivity contribution in [3.63, 3.8) is 0 Å². The van der Waals surface area contributed by atoms with Crippen molar-refractivity contribution in [2.45, 2.75) is 25.9 Å². The topological polar surface area (TPSA) is 88.8 Å². The number of nitrogens with zero attached hydrogens (tertiary/aromatic N) is 4. The first-order chi connectivity index (χ1) is 19.4. The standard InChI is InChI=1S/C32H34N4O4/c1-24-21-29(34-40-24)13-14-31(37)36(23-26-9-11-27(12-10-26)28-15-17-33-18-16-28)30(22-25-7-5-4-6-8-25)32(38)35(2)19-20-39-3/h4-18,21,30H,19-20,22-23H2,1-3H3/t30-/m0/s1. The fourth-order valence-electron chi connectivity index (χ4n) is 4.36. The number of aryl methyl sites for hydroxylation is 1. The Morgan fingerprint density at radius 3 is 2.33 bits per heavy atom. The molecule has 206 valence electrons. The number of aromatic nitrogens is 2. The summed E-state index contributed by atoms with van der Waals surface area (Å²) in [6, 6.07) is 22.6. The molecule has 0 radical (unpaired) electrons. The molecule has 0 saturated carbocycles. The van der Waals surface area contributed by atoms with E-state index in [4.69, 9.17) is 9.26 Å². The van der Waals surface area contributed by atoms with Crippen LogP contribution in [0.25, 0.3) is 17.2 Å². The van der Waals surface area contributed by atoms with E-state index in [1.807, 2.05) is 66.7 Å². The highest BCUT2D eigenvalue weighted by Crippen LogP contribution is 2.21. The van der Waals surface area contributed by atoms with Crippen LogP contribution in [0.1, 0.15) is 22.6 Å². The van der Waals surface area contributed by atoms with Gasteiger partial charge in [0.05, 0.1) is 6.61 Å². The van der Waals surface area contributed by atoms with Crippen LogP contribution in [0.5, 0.6) is 0 Å². The van der Waals surface area contributed by atoms with Crippen LogP contribution in [0.15, 0.2) is 95.8 Å². The van der Waals surface area contributed by atoms with Gasteiger partial charge in [-0.15, -0.1) is 0 Å². The Labute approximate surface area is 234 Å². The second kappa shape index (κ2) is 14.0. The van der Waals surface area contributed by atoms with Gasteiger partial charge in [0, 0.05) is 58.2 Å². The molecular formula is C32H34N4O4. The van der Waals surface area contributed by atoms with Crippen LogP contribution < -0.4 is 0 Å². The van der Waals surface area contributed by atoms with E-state index < -0.39 is 6.04 Å². The molecule has 8 heteroatoms. The molecule has 1 atom stereocenters. The van der Waals surface area contributed by atoms with E-state index >= 15 is 0 Å². The summed E-state index contributed by atoms with van der Waals surface area (Å²) in [7, 11) is 3.33. The molecule has 2 amide bonds. The van der Waals surface area contributed by atoms with Gasteiger partial charge in [0.1, 0.15) is 17.5 Å². The Morgan fingerprint density at radius 1 is 0.975 bits per heavy atom. The number of amides is 2. The summed E-state index contributed by atoms with van der Waals surface area (Å²) in [5.41, 5.74) is 4.50. The quantitative estimate of drug-likeness (QED) is 0.241. The van der Waals surface area contributed by atoms with Crippen LogP contribution in [0, 0.1) is 6.92 Å². The fourth-order valence-corrected chi connectivity index (χ4v) is 4.36. The van der Waals surface area contributed by atoms with E-state index in [0.29, 0.717) is 31.0 Å². The smallest absolute Gasteiger partial charge is 0.247 e. The maximum absolute atomic E-state index is 13.8. The van der Waals surface area contributed by atoms with Gasteiger partial charge in [-0.3, -0.25) is 14.6 Å². The SMILES string of the molecule is COCCN(C)C(=O)[C@H](Cc1ccccc1)N(Cc1ccc(-c2ccncc2)cc1)C(=O)C=Cc1cc(C)on1. The van der Waals surface area contributed by atoms with E-state index in [9.17, 15) is 9.59 Å². The molecule has 2 aromatic heterocycles. The first-order valence-corrected chi connectivity index (χ1v) is 13.1. The lowest BCUT2D eigenvalue weighted by Gasteiger charge is -2.33. The number of hydrogen-bond acceptors (Lipinski definition) is 6. The molecule has 2 aromatic carbocycles. The summed E-state index contributed by atoms with van der Waals surface area (Å²) in [6.45, 7) is 2.85. The van der Waals surface area contributed by atoms with Gasteiger partial charge >= 0.3 is 0 Å². The van der Waals surface area contributed by atoms with E-state index in [0.717, 1.165) is 22.3 Å². The molecule has 40 heavy (non-hydrogen) atoms. The van der Waals surface area contributed by atoms with Gasteiger partial charge in [0.15, 0.2) is 0 Å². The number of pyridine rings is 1. The molecule has 8 nitrogen and oxygen atoms in total. The largest absolute Gasteiger partial charge is 0.383 e. The molecule has 0 N–H and O–H groups in total. The summed E-state index contributed by atoms with van der Waals surface area (Å²) in [4.78, 5) is 34.9. The number of carbonyl (C=O) groups excluding carboxylic acids is 2. The predicted octanol–water partition coefficient (Wildman–Crippen LogP) is 4.80. The lowest BCUT2D eigenvalue weighted by molar-refractivity contribution is -0.143. The van der Waals surface area contributed by atoms with Gasteiger partial charge in [0.25, 0.3) is 0 Å². The summed E-state index contributed by atoms with van der Waals surface area (Å²) in [6.07, 6.45) is 6.94. The third-order valence-corrected chi connectivity index (χ3v) is 6.59. The van der Waals surface area contributed by atoms with Gasteiger partial charge in [-0.1, -0.05) is 59.8 Å². The van der Waals surface area contributed by atoms with Crippen LogP contribution in [-0.4, -0.2) is 65.1 Å². The molecule has 0 aliphatic rings. The number of hydrogen-bond donors (Lipinski definition) is 0. The van der Waals surface area contributed by atoms with Crippen molar-refractivity contribution in [3.05, 3.63) is 114 Å². The monoisotopic (exact) mass is 538 g/mol. The number of carbonyl (C=O) groups is 2. The van der Waals surface area contributed by atoms with Crippen LogP contribution in [0.4, 0.5) is 0 Å². The Balaban J connectivity index is 1.67. The van der Waals surface area contributed by atoms with Crippen molar-refractivity contribution in [2.75, 3.05) is 27.3 Å². The Hall–Kier alpha value is -4.56. The zero-order valence-electron chi connectivity index (χ0n) is 23.1. The van der Waals surface area contributed by atoms with Gasteiger partial charge in [-0.25, -0.2) is 0 Å². The van der Waals surface area contributed by atoms with E-state index in [-0.39, 0.29) is 18.4 Å². The number of methoxy groups -OCH3 is 1. The van der Waals surface area contributed by atoms with Crippen LogP contribution in [0.3, 0.4) is 0 Å². The second-order valence-electron chi connectivity index (χ2n) is 9.55. The van der Waals surface area contributed by atoms with E-state index in [2.05, 4.69) is 10.1 Å². The predicted molar refractivity (Wildman–Crippen MR) is 154 cm³/mol. The first-order valence-electron chi connectivity index (χ1n) is 13.1. The normalized spacial score (nSPS) is 11.9.